The Balaban J connectivity index is 1.47. The minimum absolute atomic E-state index is 0.538. The molecule has 3 aromatic carbocycles. The second-order valence-corrected chi connectivity index (χ2v) is 8.17. The lowest BCUT2D eigenvalue weighted by Crippen LogP contribution is -2.04. The third-order valence-electron chi connectivity index (χ3n) is 5.98. The average Bonchev–Trinajstić information content (AvgIpc) is 3.38. The number of nitrogen functional groups attached to an aromatic ring is 1. The molecular formula is C27H26N6O2. The first kappa shape index (κ1) is 22.2. The van der Waals surface area contributed by atoms with Gasteiger partial charge in [-0.3, -0.25) is 0 Å². The number of aromatic nitrogens is 4. The van der Waals surface area contributed by atoms with Crippen LogP contribution in [0.3, 0.4) is 0 Å². The molecule has 0 saturated heterocycles. The number of anilines is 2. The number of para-hydroxylation sites is 1. The number of ether oxygens (including phenoxy) is 2. The van der Waals surface area contributed by atoms with Crippen molar-refractivity contribution >= 4 is 22.4 Å². The highest BCUT2D eigenvalue weighted by atomic mass is 16.5. The lowest BCUT2D eigenvalue weighted by Gasteiger charge is -2.13. The third kappa shape index (κ3) is 4.33. The zero-order chi connectivity index (χ0) is 24.4. The number of methoxy groups -OCH3 is 2. The van der Waals surface area contributed by atoms with Crippen LogP contribution in [0.5, 0.6) is 11.5 Å². The Morgan fingerprint density at radius 1 is 1.00 bits per heavy atom. The van der Waals surface area contributed by atoms with Crippen molar-refractivity contribution < 1.29 is 9.47 Å². The fourth-order valence-corrected chi connectivity index (χ4v) is 4.11. The highest BCUT2D eigenvalue weighted by molar-refractivity contribution is 5.98. The molecule has 3 N–H and O–H groups in total. The molecule has 8 heteroatoms. The van der Waals surface area contributed by atoms with Gasteiger partial charge in [-0.2, -0.15) is 5.10 Å². The SMILES string of the molecule is COc1ccc(CNc2ncnc3c(-c4cnn(-c5cc(N)ccc5C)c4)cccc23)c(OC)c1. The molecule has 35 heavy (non-hydrogen) atoms. The van der Waals surface area contributed by atoms with Crippen LogP contribution in [-0.4, -0.2) is 34.0 Å². The Labute approximate surface area is 203 Å². The second kappa shape index (κ2) is 9.34. The normalized spacial score (nSPS) is 10.9. The number of nitrogens with two attached hydrogens (primary N) is 1. The van der Waals surface area contributed by atoms with E-state index in [2.05, 4.69) is 20.4 Å². The van der Waals surface area contributed by atoms with Gasteiger partial charge < -0.3 is 20.5 Å². The number of hydrogen-bond acceptors (Lipinski definition) is 7. The summed E-state index contributed by atoms with van der Waals surface area (Å²) in [6.45, 7) is 2.58. The van der Waals surface area contributed by atoms with E-state index in [0.717, 1.165) is 56.2 Å². The number of rotatable bonds is 7. The molecule has 0 radical (unpaired) electrons. The molecule has 0 spiro atoms. The number of fused-ring (bicyclic) bond motifs is 1. The van der Waals surface area contributed by atoms with Crippen LogP contribution in [0.15, 0.2) is 73.3 Å². The van der Waals surface area contributed by atoms with Crippen LogP contribution in [0.2, 0.25) is 0 Å². The summed E-state index contributed by atoms with van der Waals surface area (Å²) in [6, 6.07) is 17.6. The summed E-state index contributed by atoms with van der Waals surface area (Å²) < 4.78 is 12.7. The van der Waals surface area contributed by atoms with Gasteiger partial charge in [0.15, 0.2) is 0 Å². The summed E-state index contributed by atoms with van der Waals surface area (Å²) in [6.07, 6.45) is 5.41. The highest BCUT2D eigenvalue weighted by Gasteiger charge is 2.13. The number of hydrogen-bond donors (Lipinski definition) is 2. The molecule has 2 heterocycles. The van der Waals surface area contributed by atoms with Gasteiger partial charge in [-0.25, -0.2) is 14.6 Å². The van der Waals surface area contributed by atoms with E-state index in [0.29, 0.717) is 12.2 Å². The van der Waals surface area contributed by atoms with Crippen molar-refractivity contribution in [2.75, 3.05) is 25.3 Å². The van der Waals surface area contributed by atoms with Gasteiger partial charge in [0, 0.05) is 46.6 Å². The Hall–Kier alpha value is -4.59. The van der Waals surface area contributed by atoms with Crippen LogP contribution in [0.1, 0.15) is 11.1 Å². The standard InChI is InChI=1S/C27H26N6O2/c1-17-7-9-20(28)11-24(17)33-15-19(14-32-33)22-5-4-6-23-26(22)30-16-31-27(23)29-13-18-8-10-21(34-2)12-25(18)35-3/h4-12,14-16H,13,28H2,1-3H3,(H,29,30,31). The van der Waals surface area contributed by atoms with Crippen molar-refractivity contribution in [1.29, 1.82) is 0 Å². The van der Waals surface area contributed by atoms with Crippen molar-refractivity contribution in [2.24, 2.45) is 0 Å². The number of aryl methyl sites for hydroxylation is 1. The summed E-state index contributed by atoms with van der Waals surface area (Å²) in [4.78, 5) is 9.09. The van der Waals surface area contributed by atoms with E-state index in [1.54, 1.807) is 20.5 Å². The second-order valence-electron chi connectivity index (χ2n) is 8.17. The van der Waals surface area contributed by atoms with Gasteiger partial charge in [0.25, 0.3) is 0 Å². The number of nitrogens with zero attached hydrogens (tertiary/aromatic N) is 4. The van der Waals surface area contributed by atoms with Crippen molar-refractivity contribution in [1.82, 2.24) is 19.7 Å². The maximum absolute atomic E-state index is 6.00. The first-order chi connectivity index (χ1) is 17.1. The van der Waals surface area contributed by atoms with E-state index in [-0.39, 0.29) is 0 Å². The molecule has 0 aliphatic carbocycles. The summed E-state index contributed by atoms with van der Waals surface area (Å²) in [7, 11) is 3.29. The fourth-order valence-electron chi connectivity index (χ4n) is 4.11. The Kier molecular flexibility index (Phi) is 5.93. The van der Waals surface area contributed by atoms with Crippen LogP contribution in [0, 0.1) is 6.92 Å². The predicted molar refractivity (Wildman–Crippen MR) is 138 cm³/mol. The van der Waals surface area contributed by atoms with Crippen LogP contribution >= 0.6 is 0 Å². The van der Waals surface area contributed by atoms with E-state index >= 15 is 0 Å². The molecule has 176 valence electrons. The van der Waals surface area contributed by atoms with Crippen molar-refractivity contribution in [2.45, 2.75) is 13.5 Å². The van der Waals surface area contributed by atoms with Gasteiger partial charge in [0.05, 0.1) is 31.6 Å². The number of nitrogens with one attached hydrogen (secondary N) is 1. The largest absolute Gasteiger partial charge is 0.497 e. The summed E-state index contributed by atoms with van der Waals surface area (Å²) >= 11 is 0. The molecular weight excluding hydrogens is 440 g/mol. The van der Waals surface area contributed by atoms with E-state index in [9.17, 15) is 0 Å². The molecule has 5 aromatic rings. The van der Waals surface area contributed by atoms with Crippen molar-refractivity contribution in [3.05, 3.63) is 84.4 Å². The molecule has 0 atom stereocenters. The first-order valence-corrected chi connectivity index (χ1v) is 11.2. The lowest BCUT2D eigenvalue weighted by atomic mass is 10.1. The minimum Gasteiger partial charge on any atom is -0.497 e. The average molecular weight is 467 g/mol. The van der Waals surface area contributed by atoms with Gasteiger partial charge in [0.1, 0.15) is 23.6 Å². The van der Waals surface area contributed by atoms with Gasteiger partial charge in [-0.1, -0.05) is 18.2 Å². The zero-order valence-electron chi connectivity index (χ0n) is 19.8. The van der Waals surface area contributed by atoms with Gasteiger partial charge in [-0.05, 0) is 42.8 Å². The summed E-state index contributed by atoms with van der Waals surface area (Å²) in [5, 5.41) is 8.94. The predicted octanol–water partition coefficient (Wildman–Crippen LogP) is 5.00. The van der Waals surface area contributed by atoms with E-state index in [4.69, 9.17) is 15.2 Å². The molecule has 0 aliphatic rings. The van der Waals surface area contributed by atoms with Gasteiger partial charge in [-0.15, -0.1) is 0 Å². The van der Waals surface area contributed by atoms with Crippen LogP contribution < -0.4 is 20.5 Å². The third-order valence-corrected chi connectivity index (χ3v) is 5.98. The van der Waals surface area contributed by atoms with E-state index in [1.807, 2.05) is 78.6 Å². The monoisotopic (exact) mass is 466 g/mol. The molecule has 0 fully saturated rings. The zero-order valence-corrected chi connectivity index (χ0v) is 19.8. The van der Waals surface area contributed by atoms with Gasteiger partial charge >= 0.3 is 0 Å². The topological polar surface area (TPSA) is 100 Å². The molecule has 0 unspecified atom stereocenters. The Morgan fingerprint density at radius 3 is 2.71 bits per heavy atom. The summed E-state index contributed by atoms with van der Waals surface area (Å²) in [5.74, 6) is 2.24. The maximum Gasteiger partial charge on any atom is 0.137 e. The van der Waals surface area contributed by atoms with Crippen LogP contribution in [0.25, 0.3) is 27.7 Å². The Bertz CT molecular complexity index is 1510. The molecule has 0 amide bonds. The molecule has 0 saturated carbocycles. The van der Waals surface area contributed by atoms with Crippen LogP contribution in [0.4, 0.5) is 11.5 Å². The van der Waals surface area contributed by atoms with E-state index < -0.39 is 0 Å². The highest BCUT2D eigenvalue weighted by Crippen LogP contribution is 2.31. The molecule has 5 rings (SSSR count). The Morgan fingerprint density at radius 2 is 1.89 bits per heavy atom. The summed E-state index contributed by atoms with van der Waals surface area (Å²) in [5.41, 5.74) is 12.5. The maximum atomic E-state index is 6.00. The van der Waals surface area contributed by atoms with Crippen molar-refractivity contribution in [3.8, 4) is 28.3 Å². The quantitative estimate of drug-likeness (QED) is 0.326. The number of benzene rings is 3. The first-order valence-electron chi connectivity index (χ1n) is 11.2. The molecule has 0 bridgehead atoms. The lowest BCUT2D eigenvalue weighted by molar-refractivity contribution is 0.391. The molecule has 0 aliphatic heterocycles. The molecule has 8 nitrogen and oxygen atoms in total. The minimum atomic E-state index is 0.538. The van der Waals surface area contributed by atoms with E-state index in [1.165, 1.54) is 0 Å². The van der Waals surface area contributed by atoms with Crippen molar-refractivity contribution in [3.63, 3.8) is 0 Å². The van der Waals surface area contributed by atoms with Crippen LogP contribution in [-0.2, 0) is 6.54 Å². The fraction of sp³-hybridized carbons (Fsp3) is 0.148. The van der Waals surface area contributed by atoms with Gasteiger partial charge in [0.2, 0.25) is 0 Å². The smallest absolute Gasteiger partial charge is 0.137 e. The molecule has 2 aromatic heterocycles.